The van der Waals surface area contributed by atoms with Gasteiger partial charge < -0.3 is 15.4 Å². The summed E-state index contributed by atoms with van der Waals surface area (Å²) in [5.41, 5.74) is 0.00926. The minimum atomic E-state index is -0.0353. The minimum Gasteiger partial charge on any atom is -0.381 e. The van der Waals surface area contributed by atoms with Crippen LogP contribution in [0, 0.1) is 0 Å². The highest BCUT2D eigenvalue weighted by molar-refractivity contribution is 5.77. The molecule has 62 valence electrons. The van der Waals surface area contributed by atoms with E-state index in [1.165, 1.54) is 0 Å². The molecule has 4 heteroatoms. The van der Waals surface area contributed by atoms with Gasteiger partial charge in [-0.15, -0.1) is 0 Å². The average Bonchev–Trinajstić information content (AvgIpc) is 2.34. The van der Waals surface area contributed by atoms with Crippen LogP contribution in [0.15, 0.2) is 0 Å². The van der Waals surface area contributed by atoms with Crippen LogP contribution in [-0.4, -0.2) is 31.3 Å². The van der Waals surface area contributed by atoms with E-state index in [0.29, 0.717) is 0 Å². The van der Waals surface area contributed by atoms with Crippen molar-refractivity contribution in [1.82, 2.24) is 10.6 Å². The largest absolute Gasteiger partial charge is 0.381 e. The first-order valence-electron chi connectivity index (χ1n) is 3.95. The molecule has 2 rings (SSSR count). The van der Waals surface area contributed by atoms with Gasteiger partial charge in [-0.1, -0.05) is 0 Å². The van der Waals surface area contributed by atoms with Crippen LogP contribution in [0.2, 0.25) is 0 Å². The quantitative estimate of drug-likeness (QED) is 0.512. The molecule has 0 aliphatic carbocycles. The Morgan fingerprint density at radius 1 is 1.36 bits per heavy atom. The van der Waals surface area contributed by atoms with Crippen molar-refractivity contribution in [3.63, 3.8) is 0 Å². The normalized spacial score (nSPS) is 28.2. The summed E-state index contributed by atoms with van der Waals surface area (Å²) in [5, 5.41) is 5.71. The van der Waals surface area contributed by atoms with E-state index in [1.54, 1.807) is 0 Å². The molecule has 0 unspecified atom stereocenters. The molecule has 0 aromatic rings. The maximum Gasteiger partial charge on any atom is 0.315 e. The van der Waals surface area contributed by atoms with E-state index < -0.39 is 0 Å². The van der Waals surface area contributed by atoms with Gasteiger partial charge in [-0.25, -0.2) is 4.79 Å². The molecule has 2 fully saturated rings. The number of amides is 2. The summed E-state index contributed by atoms with van der Waals surface area (Å²) in [6, 6.07) is -0.0353. The summed E-state index contributed by atoms with van der Waals surface area (Å²) >= 11 is 0. The molecule has 2 aliphatic rings. The van der Waals surface area contributed by atoms with Crippen LogP contribution in [0.4, 0.5) is 4.79 Å². The van der Waals surface area contributed by atoms with Crippen molar-refractivity contribution < 1.29 is 9.53 Å². The zero-order chi connectivity index (χ0) is 7.73. The Hall–Kier alpha value is -0.770. The van der Waals surface area contributed by atoms with Gasteiger partial charge in [0.05, 0.1) is 5.54 Å². The molecule has 11 heavy (non-hydrogen) atoms. The molecule has 1 spiro atoms. The van der Waals surface area contributed by atoms with Crippen molar-refractivity contribution in [1.29, 1.82) is 0 Å². The van der Waals surface area contributed by atoms with Gasteiger partial charge in [0.15, 0.2) is 0 Å². The van der Waals surface area contributed by atoms with Gasteiger partial charge in [0.2, 0.25) is 0 Å². The minimum absolute atomic E-state index is 0.00926. The summed E-state index contributed by atoms with van der Waals surface area (Å²) in [5.74, 6) is 0. The third-order valence-corrected chi connectivity index (χ3v) is 2.42. The third-order valence-electron chi connectivity index (χ3n) is 2.42. The van der Waals surface area contributed by atoms with E-state index in [-0.39, 0.29) is 11.6 Å². The maximum atomic E-state index is 10.9. The predicted octanol–water partition coefficient (Wildman–Crippen LogP) is -0.152. The molecule has 0 saturated carbocycles. The highest BCUT2D eigenvalue weighted by Crippen LogP contribution is 2.22. The van der Waals surface area contributed by atoms with E-state index in [1.807, 2.05) is 0 Å². The second-order valence-corrected chi connectivity index (χ2v) is 3.20. The molecule has 2 aliphatic heterocycles. The van der Waals surface area contributed by atoms with Crippen LogP contribution in [-0.2, 0) is 4.74 Å². The number of hydrogen-bond donors (Lipinski definition) is 2. The van der Waals surface area contributed by atoms with Gasteiger partial charge in [-0.3, -0.25) is 0 Å². The fourth-order valence-corrected chi connectivity index (χ4v) is 1.64. The fraction of sp³-hybridized carbons (Fsp3) is 0.857. The van der Waals surface area contributed by atoms with Crippen LogP contribution >= 0.6 is 0 Å². The first-order chi connectivity index (χ1) is 5.31. The van der Waals surface area contributed by atoms with Crippen molar-refractivity contribution in [2.75, 3.05) is 19.8 Å². The number of rotatable bonds is 0. The van der Waals surface area contributed by atoms with Crippen LogP contribution in [0.25, 0.3) is 0 Å². The number of hydrogen-bond acceptors (Lipinski definition) is 2. The predicted molar refractivity (Wildman–Crippen MR) is 39.3 cm³/mol. The Morgan fingerprint density at radius 3 is 2.64 bits per heavy atom. The average molecular weight is 156 g/mol. The number of ether oxygens (including phenoxy) is 1. The Bertz CT molecular complexity index is 175. The van der Waals surface area contributed by atoms with Gasteiger partial charge >= 0.3 is 6.03 Å². The van der Waals surface area contributed by atoms with Crippen LogP contribution in [0.3, 0.4) is 0 Å². The standard InChI is InChI=1S/C7H12N2O2/c10-6-8-5-7(9-6)1-3-11-4-2-7/h1-5H2,(H2,8,9,10). The molecule has 2 heterocycles. The van der Waals surface area contributed by atoms with Gasteiger partial charge in [-0.2, -0.15) is 0 Å². The molecular weight excluding hydrogens is 144 g/mol. The van der Waals surface area contributed by atoms with Crippen molar-refractivity contribution in [2.45, 2.75) is 18.4 Å². The van der Waals surface area contributed by atoms with Crippen molar-refractivity contribution in [2.24, 2.45) is 0 Å². The lowest BCUT2D eigenvalue weighted by atomic mass is 9.91. The number of nitrogens with one attached hydrogen (secondary N) is 2. The van der Waals surface area contributed by atoms with E-state index in [2.05, 4.69) is 10.6 Å². The van der Waals surface area contributed by atoms with E-state index >= 15 is 0 Å². The third kappa shape index (κ3) is 1.18. The lowest BCUT2D eigenvalue weighted by molar-refractivity contribution is 0.0514. The Morgan fingerprint density at radius 2 is 2.09 bits per heavy atom. The summed E-state index contributed by atoms with van der Waals surface area (Å²) in [6.07, 6.45) is 1.87. The molecule has 0 atom stereocenters. The first kappa shape index (κ1) is 6.91. The zero-order valence-electron chi connectivity index (χ0n) is 6.35. The summed E-state index contributed by atoms with van der Waals surface area (Å²) in [4.78, 5) is 10.9. The Kier molecular flexibility index (Phi) is 1.49. The lowest BCUT2D eigenvalue weighted by Gasteiger charge is -2.31. The summed E-state index contributed by atoms with van der Waals surface area (Å²) < 4.78 is 5.21. The smallest absolute Gasteiger partial charge is 0.315 e. The Labute approximate surface area is 65.3 Å². The highest BCUT2D eigenvalue weighted by atomic mass is 16.5. The molecular formula is C7H12N2O2. The van der Waals surface area contributed by atoms with Crippen LogP contribution in [0.1, 0.15) is 12.8 Å². The highest BCUT2D eigenvalue weighted by Gasteiger charge is 2.38. The van der Waals surface area contributed by atoms with Gasteiger partial charge in [-0.05, 0) is 12.8 Å². The molecule has 0 aromatic heterocycles. The Balaban J connectivity index is 2.03. The van der Waals surface area contributed by atoms with Gasteiger partial charge in [0, 0.05) is 19.8 Å². The zero-order valence-corrected chi connectivity index (χ0v) is 6.35. The molecule has 0 aromatic carbocycles. The molecule has 2 N–H and O–H groups in total. The number of urea groups is 1. The number of carbonyl (C=O) groups is 1. The topological polar surface area (TPSA) is 50.4 Å². The summed E-state index contributed by atoms with van der Waals surface area (Å²) in [7, 11) is 0. The van der Waals surface area contributed by atoms with E-state index in [0.717, 1.165) is 32.6 Å². The van der Waals surface area contributed by atoms with Crippen molar-refractivity contribution >= 4 is 6.03 Å². The fourth-order valence-electron chi connectivity index (χ4n) is 1.64. The summed E-state index contributed by atoms with van der Waals surface area (Å²) in [6.45, 7) is 2.29. The molecule has 2 saturated heterocycles. The SMILES string of the molecule is O=C1NCC2(CCOCC2)N1. The maximum absolute atomic E-state index is 10.9. The van der Waals surface area contributed by atoms with Gasteiger partial charge in [0.1, 0.15) is 0 Å². The van der Waals surface area contributed by atoms with Crippen LogP contribution in [0.5, 0.6) is 0 Å². The monoisotopic (exact) mass is 156 g/mol. The second kappa shape index (κ2) is 2.37. The van der Waals surface area contributed by atoms with E-state index in [9.17, 15) is 4.79 Å². The first-order valence-corrected chi connectivity index (χ1v) is 3.95. The number of carbonyl (C=O) groups excluding carboxylic acids is 1. The molecule has 2 amide bonds. The van der Waals surface area contributed by atoms with Crippen LogP contribution < -0.4 is 10.6 Å². The lowest BCUT2D eigenvalue weighted by Crippen LogP contribution is -2.47. The van der Waals surface area contributed by atoms with Gasteiger partial charge in [0.25, 0.3) is 0 Å². The molecule has 4 nitrogen and oxygen atoms in total. The molecule has 0 radical (unpaired) electrons. The second-order valence-electron chi connectivity index (χ2n) is 3.20. The van der Waals surface area contributed by atoms with Crippen molar-refractivity contribution in [3.05, 3.63) is 0 Å². The molecule has 0 bridgehead atoms. The van der Waals surface area contributed by atoms with E-state index in [4.69, 9.17) is 4.74 Å². The van der Waals surface area contributed by atoms with Crippen molar-refractivity contribution in [3.8, 4) is 0 Å².